The Balaban J connectivity index is 1.54. The van der Waals surface area contributed by atoms with Crippen LogP contribution in [0.15, 0.2) is 74.9 Å². The number of sulfone groups is 1. The average molecular weight is 468 g/mol. The van der Waals surface area contributed by atoms with Crippen LogP contribution in [0.2, 0.25) is 0 Å². The van der Waals surface area contributed by atoms with E-state index in [2.05, 4.69) is 19.1 Å². The first kappa shape index (κ1) is 24.0. The van der Waals surface area contributed by atoms with Crippen LogP contribution in [-0.2, 0) is 14.6 Å². The summed E-state index contributed by atoms with van der Waals surface area (Å²) < 4.78 is 33.0. The van der Waals surface area contributed by atoms with E-state index in [-0.39, 0.29) is 17.2 Å². The Hall–Kier alpha value is -2.14. The van der Waals surface area contributed by atoms with Crippen LogP contribution in [-0.4, -0.2) is 32.0 Å². The summed E-state index contributed by atoms with van der Waals surface area (Å²) in [4.78, 5) is 5.54. The SMILES string of the molecule is C/C=C\C(=C/[C@H](C)/C=C/C)S(=O)(=O)C1CCC(N=C2COC3=C2C2=C(C=C[C@H](C)C2)CC3)C1. The van der Waals surface area contributed by atoms with Gasteiger partial charge in [0.1, 0.15) is 12.4 Å². The van der Waals surface area contributed by atoms with Crippen LogP contribution in [0.25, 0.3) is 0 Å². The van der Waals surface area contributed by atoms with E-state index in [1.54, 1.807) is 6.08 Å². The van der Waals surface area contributed by atoms with Gasteiger partial charge in [0.05, 0.1) is 21.9 Å². The van der Waals surface area contributed by atoms with Crippen molar-refractivity contribution in [3.05, 3.63) is 69.9 Å². The van der Waals surface area contributed by atoms with Gasteiger partial charge < -0.3 is 4.74 Å². The van der Waals surface area contributed by atoms with Gasteiger partial charge >= 0.3 is 0 Å². The first-order valence-corrected chi connectivity index (χ1v) is 13.9. The highest BCUT2D eigenvalue weighted by Crippen LogP contribution is 2.42. The van der Waals surface area contributed by atoms with Gasteiger partial charge in [-0.2, -0.15) is 0 Å². The van der Waals surface area contributed by atoms with Gasteiger partial charge in [0.2, 0.25) is 0 Å². The minimum Gasteiger partial charge on any atom is -0.491 e. The summed E-state index contributed by atoms with van der Waals surface area (Å²) in [6, 6.07) is 0.0394. The van der Waals surface area contributed by atoms with Gasteiger partial charge in [-0.1, -0.05) is 50.3 Å². The molecular weight excluding hydrogens is 430 g/mol. The molecule has 1 aliphatic heterocycles. The Morgan fingerprint density at radius 1 is 1.21 bits per heavy atom. The van der Waals surface area contributed by atoms with E-state index in [0.29, 0.717) is 30.3 Å². The molecule has 2 unspecified atom stereocenters. The predicted octanol–water partition coefficient (Wildman–Crippen LogP) is 6.41. The van der Waals surface area contributed by atoms with Crippen LogP contribution in [0, 0.1) is 11.8 Å². The van der Waals surface area contributed by atoms with Crippen LogP contribution in [0.4, 0.5) is 0 Å². The highest BCUT2D eigenvalue weighted by Gasteiger charge is 2.38. The van der Waals surface area contributed by atoms with E-state index in [4.69, 9.17) is 9.73 Å². The first-order valence-electron chi connectivity index (χ1n) is 12.4. The third-order valence-corrected chi connectivity index (χ3v) is 9.37. The summed E-state index contributed by atoms with van der Waals surface area (Å²) in [7, 11) is -3.38. The van der Waals surface area contributed by atoms with Crippen molar-refractivity contribution in [2.45, 2.75) is 77.5 Å². The molecule has 0 aromatic carbocycles. The average Bonchev–Trinajstić information content (AvgIpc) is 3.42. The van der Waals surface area contributed by atoms with E-state index in [1.165, 1.54) is 16.7 Å². The normalized spacial score (nSPS) is 30.5. The minimum absolute atomic E-state index is 0.0394. The van der Waals surface area contributed by atoms with Crippen LogP contribution in [0.1, 0.15) is 66.2 Å². The van der Waals surface area contributed by atoms with Crippen molar-refractivity contribution in [2.75, 3.05) is 6.61 Å². The summed E-state index contributed by atoms with van der Waals surface area (Å²) in [6.07, 6.45) is 19.1. The summed E-state index contributed by atoms with van der Waals surface area (Å²) in [5.74, 6) is 1.70. The number of hydrogen-bond acceptors (Lipinski definition) is 4. The van der Waals surface area contributed by atoms with Gasteiger partial charge in [0, 0.05) is 12.0 Å². The Morgan fingerprint density at radius 3 is 2.79 bits per heavy atom. The van der Waals surface area contributed by atoms with Crippen LogP contribution in [0.5, 0.6) is 0 Å². The molecule has 4 aliphatic rings. The third-order valence-electron chi connectivity index (χ3n) is 7.13. The van der Waals surface area contributed by atoms with E-state index in [1.807, 2.05) is 45.1 Å². The van der Waals surface area contributed by atoms with Gasteiger partial charge in [-0.25, -0.2) is 8.42 Å². The Bertz CT molecular complexity index is 1100. The molecule has 4 rings (SSSR count). The molecule has 0 radical (unpaired) electrons. The highest BCUT2D eigenvalue weighted by molar-refractivity contribution is 7.96. The van der Waals surface area contributed by atoms with Gasteiger partial charge in [-0.3, -0.25) is 4.99 Å². The molecule has 1 fully saturated rings. The van der Waals surface area contributed by atoms with Gasteiger partial charge in [0.25, 0.3) is 0 Å². The summed E-state index contributed by atoms with van der Waals surface area (Å²) in [5, 5.41) is -0.373. The predicted molar refractivity (Wildman–Crippen MR) is 137 cm³/mol. The molecule has 5 heteroatoms. The van der Waals surface area contributed by atoms with Crippen molar-refractivity contribution < 1.29 is 13.2 Å². The summed E-state index contributed by atoms with van der Waals surface area (Å²) in [5.41, 5.74) is 5.09. The smallest absolute Gasteiger partial charge is 0.181 e. The standard InChI is InChI=1S/C28H37NO3S/c1-5-7-19(3)15-23(8-6-2)33(30,31)24-13-12-22(17-24)29-26-18-32-27-14-11-21-10-9-20(4)16-25(21)28(26)27/h5-10,15,19-20,22,24H,11-14,16-18H2,1-4H3/b7-5+,8-6-,23-15+,29-26?/t19-,20+,22?,24?/m1/s1. The number of nitrogens with zero attached hydrogens (tertiary/aromatic N) is 1. The molecule has 3 aliphatic carbocycles. The zero-order valence-corrected chi connectivity index (χ0v) is 21.2. The van der Waals surface area contributed by atoms with Crippen molar-refractivity contribution in [3.8, 4) is 0 Å². The minimum atomic E-state index is -3.38. The molecule has 0 aromatic rings. The summed E-state index contributed by atoms with van der Waals surface area (Å²) >= 11 is 0. The highest BCUT2D eigenvalue weighted by atomic mass is 32.2. The number of allylic oxidation sites excluding steroid dienone is 10. The second-order valence-corrected chi connectivity index (χ2v) is 12.0. The lowest BCUT2D eigenvalue weighted by molar-refractivity contribution is 0.258. The first-order chi connectivity index (χ1) is 15.8. The molecule has 0 bridgehead atoms. The van der Waals surface area contributed by atoms with Crippen molar-refractivity contribution in [1.82, 2.24) is 0 Å². The van der Waals surface area contributed by atoms with Gasteiger partial charge in [0.15, 0.2) is 9.84 Å². The van der Waals surface area contributed by atoms with Crippen molar-refractivity contribution >= 4 is 15.5 Å². The number of fused-ring (bicyclic) bond motifs is 1. The van der Waals surface area contributed by atoms with E-state index in [0.717, 1.165) is 37.2 Å². The maximum absolute atomic E-state index is 13.5. The fourth-order valence-corrected chi connectivity index (χ4v) is 7.54. The number of rotatable bonds is 6. The lowest BCUT2D eigenvalue weighted by Crippen LogP contribution is -2.21. The zero-order chi connectivity index (χ0) is 23.6. The lowest BCUT2D eigenvalue weighted by atomic mass is 9.80. The molecule has 33 heavy (non-hydrogen) atoms. The molecule has 4 nitrogen and oxygen atoms in total. The van der Waals surface area contributed by atoms with E-state index >= 15 is 0 Å². The van der Waals surface area contributed by atoms with Crippen molar-refractivity contribution in [2.24, 2.45) is 16.8 Å². The van der Waals surface area contributed by atoms with Crippen LogP contribution >= 0.6 is 0 Å². The summed E-state index contributed by atoms with van der Waals surface area (Å²) in [6.45, 7) is 8.62. The maximum atomic E-state index is 13.5. The fraction of sp³-hybridized carbons (Fsp3) is 0.536. The largest absolute Gasteiger partial charge is 0.491 e. The number of ether oxygens (including phenoxy) is 1. The van der Waals surface area contributed by atoms with E-state index in [9.17, 15) is 8.42 Å². The zero-order valence-electron chi connectivity index (χ0n) is 20.4. The lowest BCUT2D eigenvalue weighted by Gasteiger charge is -2.25. The van der Waals surface area contributed by atoms with Crippen molar-refractivity contribution in [3.63, 3.8) is 0 Å². The molecule has 0 spiro atoms. The topological polar surface area (TPSA) is 55.7 Å². The van der Waals surface area contributed by atoms with Crippen LogP contribution in [0.3, 0.4) is 0 Å². The molecule has 178 valence electrons. The second kappa shape index (κ2) is 10.0. The molecule has 0 N–H and O–H groups in total. The van der Waals surface area contributed by atoms with Gasteiger partial charge in [-0.05, 0) is 75.0 Å². The van der Waals surface area contributed by atoms with Crippen molar-refractivity contribution in [1.29, 1.82) is 0 Å². The molecule has 1 saturated carbocycles. The number of aliphatic imine (C=N–C) groups is 1. The molecular formula is C28H37NO3S. The second-order valence-electron chi connectivity index (χ2n) is 9.79. The Morgan fingerprint density at radius 2 is 2.03 bits per heavy atom. The fourth-order valence-electron chi connectivity index (χ4n) is 5.51. The molecule has 4 atom stereocenters. The molecule has 0 saturated heterocycles. The monoisotopic (exact) mass is 467 g/mol. The molecule has 1 heterocycles. The molecule has 0 amide bonds. The number of hydrogen-bond donors (Lipinski definition) is 0. The van der Waals surface area contributed by atoms with E-state index < -0.39 is 9.84 Å². The van der Waals surface area contributed by atoms with Crippen LogP contribution < -0.4 is 0 Å². The maximum Gasteiger partial charge on any atom is 0.181 e. The molecule has 0 aromatic heterocycles. The van der Waals surface area contributed by atoms with Gasteiger partial charge in [-0.15, -0.1) is 0 Å². The Labute approximate surface area is 199 Å². The quantitative estimate of drug-likeness (QED) is 0.335. The third kappa shape index (κ3) is 5.03. The Kier molecular flexibility index (Phi) is 7.28.